The molecule has 1 amide bonds. The molecule has 0 aromatic heterocycles. The summed E-state index contributed by atoms with van der Waals surface area (Å²) in [7, 11) is 0. The summed E-state index contributed by atoms with van der Waals surface area (Å²) in [5.74, 6) is -0.335. The molecule has 0 bridgehead atoms. The predicted molar refractivity (Wildman–Crippen MR) is 80.5 cm³/mol. The van der Waals surface area contributed by atoms with E-state index >= 15 is 0 Å². The summed E-state index contributed by atoms with van der Waals surface area (Å²) in [6.45, 7) is 5.51. The van der Waals surface area contributed by atoms with Gasteiger partial charge in [0.05, 0.1) is 5.69 Å². The van der Waals surface area contributed by atoms with Crippen molar-refractivity contribution in [2.75, 3.05) is 4.90 Å². The van der Waals surface area contributed by atoms with Gasteiger partial charge in [0.2, 0.25) is 0 Å². The lowest BCUT2D eigenvalue weighted by Crippen LogP contribution is -2.47. The Morgan fingerprint density at radius 3 is 2.50 bits per heavy atom. The normalized spacial score (nSPS) is 15.7. The van der Waals surface area contributed by atoms with Gasteiger partial charge >= 0.3 is 6.09 Å². The number of ether oxygens (including phenoxy) is 1. The predicted octanol–water partition coefficient (Wildman–Crippen LogP) is 4.88. The van der Waals surface area contributed by atoms with Gasteiger partial charge in [0.1, 0.15) is 11.4 Å². The standard InChI is InChI=1S/C15H19BrFNO2/c1-15(2,3)20-14(19)18(11-5-4-6-11)13-8-7-10(17)9-12(13)16/h7-9,11H,4-6H2,1-3H3. The summed E-state index contributed by atoms with van der Waals surface area (Å²) >= 11 is 3.33. The molecule has 5 heteroatoms. The highest BCUT2D eigenvalue weighted by atomic mass is 79.9. The minimum Gasteiger partial charge on any atom is -0.443 e. The highest BCUT2D eigenvalue weighted by Crippen LogP contribution is 2.35. The Morgan fingerprint density at radius 1 is 1.40 bits per heavy atom. The van der Waals surface area contributed by atoms with E-state index in [1.165, 1.54) is 12.1 Å². The number of hydrogen-bond acceptors (Lipinski definition) is 2. The lowest BCUT2D eigenvalue weighted by molar-refractivity contribution is 0.0549. The zero-order chi connectivity index (χ0) is 14.9. The van der Waals surface area contributed by atoms with Crippen molar-refractivity contribution in [3.8, 4) is 0 Å². The van der Waals surface area contributed by atoms with Crippen molar-refractivity contribution in [2.24, 2.45) is 0 Å². The molecule has 0 heterocycles. The van der Waals surface area contributed by atoms with Crippen LogP contribution in [0.5, 0.6) is 0 Å². The third-order valence-corrected chi connectivity index (χ3v) is 3.83. The number of rotatable bonds is 2. The summed E-state index contributed by atoms with van der Waals surface area (Å²) < 4.78 is 19.2. The molecule has 1 aliphatic rings. The number of carbonyl (C=O) groups excluding carboxylic acids is 1. The van der Waals surface area contributed by atoms with Crippen LogP contribution in [-0.4, -0.2) is 17.7 Å². The van der Waals surface area contributed by atoms with Crippen molar-refractivity contribution < 1.29 is 13.9 Å². The van der Waals surface area contributed by atoms with Gasteiger partial charge in [-0.3, -0.25) is 4.90 Å². The van der Waals surface area contributed by atoms with Gasteiger partial charge in [-0.25, -0.2) is 9.18 Å². The molecule has 1 saturated carbocycles. The molecule has 0 aliphatic heterocycles. The number of amides is 1. The summed E-state index contributed by atoms with van der Waals surface area (Å²) in [5.41, 5.74) is 0.108. The third kappa shape index (κ3) is 3.51. The maximum atomic E-state index is 13.2. The lowest BCUT2D eigenvalue weighted by Gasteiger charge is -2.38. The van der Waals surface area contributed by atoms with Gasteiger partial charge < -0.3 is 4.74 Å². The van der Waals surface area contributed by atoms with Crippen LogP contribution in [0, 0.1) is 5.82 Å². The topological polar surface area (TPSA) is 29.5 Å². The number of benzene rings is 1. The lowest BCUT2D eigenvalue weighted by atomic mass is 9.91. The highest BCUT2D eigenvalue weighted by molar-refractivity contribution is 9.10. The molecular formula is C15H19BrFNO2. The van der Waals surface area contributed by atoms with Gasteiger partial charge in [0.15, 0.2) is 0 Å². The Morgan fingerprint density at radius 2 is 2.05 bits per heavy atom. The van der Waals surface area contributed by atoms with Gasteiger partial charge in [-0.2, -0.15) is 0 Å². The first-order valence-corrected chi connectivity index (χ1v) is 7.54. The first-order chi connectivity index (χ1) is 9.28. The Hall–Kier alpha value is -1.10. The fourth-order valence-electron chi connectivity index (χ4n) is 2.08. The Kier molecular flexibility index (Phi) is 4.37. The molecule has 110 valence electrons. The van der Waals surface area contributed by atoms with Crippen LogP contribution in [0.4, 0.5) is 14.9 Å². The van der Waals surface area contributed by atoms with Gasteiger partial charge in [-0.15, -0.1) is 0 Å². The average molecular weight is 344 g/mol. The fraction of sp³-hybridized carbons (Fsp3) is 0.533. The maximum absolute atomic E-state index is 13.2. The number of nitrogens with zero attached hydrogens (tertiary/aromatic N) is 1. The van der Waals surface area contributed by atoms with Crippen molar-refractivity contribution in [1.29, 1.82) is 0 Å². The molecule has 2 rings (SSSR count). The van der Waals surface area contributed by atoms with Crippen molar-refractivity contribution in [3.63, 3.8) is 0 Å². The molecule has 0 saturated heterocycles. The molecule has 1 aromatic rings. The van der Waals surface area contributed by atoms with Gasteiger partial charge in [-0.05, 0) is 74.2 Å². The number of anilines is 1. The van der Waals surface area contributed by atoms with E-state index in [0.29, 0.717) is 10.2 Å². The average Bonchev–Trinajstić information content (AvgIpc) is 2.21. The van der Waals surface area contributed by atoms with E-state index < -0.39 is 5.60 Å². The molecule has 20 heavy (non-hydrogen) atoms. The van der Waals surface area contributed by atoms with Crippen LogP contribution in [0.3, 0.4) is 0 Å². The molecule has 0 radical (unpaired) electrons. The molecule has 0 unspecified atom stereocenters. The summed E-state index contributed by atoms with van der Waals surface area (Å²) in [5, 5.41) is 0. The minimum atomic E-state index is -0.550. The van der Waals surface area contributed by atoms with Gasteiger partial charge in [0, 0.05) is 10.5 Å². The van der Waals surface area contributed by atoms with E-state index in [1.54, 1.807) is 11.0 Å². The van der Waals surface area contributed by atoms with Crippen LogP contribution in [0.2, 0.25) is 0 Å². The third-order valence-electron chi connectivity index (χ3n) is 3.20. The second-order valence-corrected chi connectivity index (χ2v) is 6.89. The van der Waals surface area contributed by atoms with Crippen LogP contribution in [0.25, 0.3) is 0 Å². The van der Waals surface area contributed by atoms with Crippen molar-refractivity contribution >= 4 is 27.7 Å². The summed E-state index contributed by atoms with van der Waals surface area (Å²) in [4.78, 5) is 14.1. The van der Waals surface area contributed by atoms with Crippen LogP contribution >= 0.6 is 15.9 Å². The zero-order valence-corrected chi connectivity index (χ0v) is 13.5. The minimum absolute atomic E-state index is 0.131. The van der Waals surface area contributed by atoms with Gasteiger partial charge in [-0.1, -0.05) is 0 Å². The molecule has 3 nitrogen and oxygen atoms in total. The fourth-order valence-corrected chi connectivity index (χ4v) is 2.62. The van der Waals surface area contributed by atoms with Gasteiger partial charge in [0.25, 0.3) is 0 Å². The SMILES string of the molecule is CC(C)(C)OC(=O)N(c1ccc(F)cc1Br)C1CCC1. The molecular weight excluding hydrogens is 325 g/mol. The quantitative estimate of drug-likeness (QED) is 0.765. The largest absolute Gasteiger partial charge is 0.443 e. The maximum Gasteiger partial charge on any atom is 0.415 e. The molecule has 0 N–H and O–H groups in total. The zero-order valence-electron chi connectivity index (χ0n) is 12.0. The van der Waals surface area contributed by atoms with E-state index in [-0.39, 0.29) is 18.0 Å². The van der Waals surface area contributed by atoms with Crippen molar-refractivity contribution in [1.82, 2.24) is 0 Å². The number of hydrogen-bond donors (Lipinski definition) is 0. The first kappa shape index (κ1) is 15.3. The molecule has 1 aromatic carbocycles. The number of carbonyl (C=O) groups is 1. The van der Waals surface area contributed by atoms with Crippen molar-refractivity contribution in [2.45, 2.75) is 51.7 Å². The summed E-state index contributed by atoms with van der Waals surface area (Å²) in [6.07, 6.45) is 2.61. The van der Waals surface area contributed by atoms with Crippen LogP contribution in [0.1, 0.15) is 40.0 Å². The molecule has 1 aliphatic carbocycles. The Labute approximate surface area is 127 Å². The summed E-state index contributed by atoms with van der Waals surface area (Å²) in [6, 6.07) is 4.47. The van der Waals surface area contributed by atoms with E-state index in [9.17, 15) is 9.18 Å². The molecule has 0 spiro atoms. The van der Waals surface area contributed by atoms with E-state index in [0.717, 1.165) is 19.3 Å². The first-order valence-electron chi connectivity index (χ1n) is 6.75. The highest BCUT2D eigenvalue weighted by Gasteiger charge is 2.34. The Balaban J connectivity index is 2.30. The Bertz CT molecular complexity index is 509. The van der Waals surface area contributed by atoms with Crippen LogP contribution < -0.4 is 4.90 Å². The second kappa shape index (κ2) is 5.72. The molecule has 0 atom stereocenters. The number of halogens is 2. The monoisotopic (exact) mass is 343 g/mol. The van der Waals surface area contributed by atoms with E-state index in [2.05, 4.69) is 15.9 Å². The van der Waals surface area contributed by atoms with E-state index in [1.807, 2.05) is 20.8 Å². The van der Waals surface area contributed by atoms with Crippen LogP contribution in [-0.2, 0) is 4.74 Å². The van der Waals surface area contributed by atoms with E-state index in [4.69, 9.17) is 4.74 Å². The van der Waals surface area contributed by atoms with Crippen molar-refractivity contribution in [3.05, 3.63) is 28.5 Å². The smallest absolute Gasteiger partial charge is 0.415 e. The molecule has 1 fully saturated rings. The second-order valence-electron chi connectivity index (χ2n) is 6.03. The van der Waals surface area contributed by atoms with Crippen LogP contribution in [0.15, 0.2) is 22.7 Å².